The van der Waals surface area contributed by atoms with Crippen LogP contribution in [0.5, 0.6) is 0 Å². The Hall–Kier alpha value is -2.57. The molecule has 1 saturated heterocycles. The molecule has 1 N–H and O–H groups in total. The molecule has 0 radical (unpaired) electrons. The van der Waals surface area contributed by atoms with Crippen molar-refractivity contribution >= 4 is 23.6 Å². The summed E-state index contributed by atoms with van der Waals surface area (Å²) in [4.78, 5) is 39.6. The van der Waals surface area contributed by atoms with Gasteiger partial charge in [-0.3, -0.25) is 9.59 Å². The van der Waals surface area contributed by atoms with E-state index in [4.69, 9.17) is 4.74 Å². The van der Waals surface area contributed by atoms with Gasteiger partial charge in [-0.2, -0.15) is 0 Å². The van der Waals surface area contributed by atoms with Gasteiger partial charge in [0.15, 0.2) is 0 Å². The van der Waals surface area contributed by atoms with E-state index in [1.54, 1.807) is 26.0 Å². The maximum Gasteiger partial charge on any atom is 0.322 e. The summed E-state index contributed by atoms with van der Waals surface area (Å²) in [5, 5.41) is 2.95. The van der Waals surface area contributed by atoms with Crippen LogP contribution in [-0.4, -0.2) is 59.5 Å². The topological polar surface area (TPSA) is 79.0 Å². The molecule has 7 nitrogen and oxygen atoms in total. The van der Waals surface area contributed by atoms with Crippen molar-refractivity contribution in [3.05, 3.63) is 29.8 Å². The highest BCUT2D eigenvalue weighted by Crippen LogP contribution is 2.21. The minimum absolute atomic E-state index is 0.0527. The van der Waals surface area contributed by atoms with Gasteiger partial charge < -0.3 is 19.9 Å². The van der Waals surface area contributed by atoms with Crippen molar-refractivity contribution < 1.29 is 19.1 Å². The van der Waals surface area contributed by atoms with Gasteiger partial charge in [0.1, 0.15) is 0 Å². The lowest BCUT2D eigenvalue weighted by Gasteiger charge is -2.40. The van der Waals surface area contributed by atoms with Crippen molar-refractivity contribution in [3.63, 3.8) is 0 Å². The molecule has 7 heteroatoms. The van der Waals surface area contributed by atoms with E-state index in [1.807, 2.05) is 35.8 Å². The van der Waals surface area contributed by atoms with Gasteiger partial charge in [-0.15, -0.1) is 0 Å². The van der Waals surface area contributed by atoms with Gasteiger partial charge in [-0.05, 0) is 51.3 Å². The van der Waals surface area contributed by atoms with Gasteiger partial charge in [0, 0.05) is 37.8 Å². The van der Waals surface area contributed by atoms with Crippen LogP contribution in [0.4, 0.5) is 10.5 Å². The summed E-state index contributed by atoms with van der Waals surface area (Å²) >= 11 is 0. The van der Waals surface area contributed by atoms with Crippen molar-refractivity contribution in [2.24, 2.45) is 0 Å². The van der Waals surface area contributed by atoms with Crippen molar-refractivity contribution in [2.45, 2.75) is 59.0 Å². The molecule has 2 rings (SSSR count). The minimum Gasteiger partial charge on any atom is -0.466 e. The molecular weight excluding hydrogens is 358 g/mol. The smallest absolute Gasteiger partial charge is 0.322 e. The number of benzene rings is 1. The van der Waals surface area contributed by atoms with Crippen LogP contribution in [0.3, 0.4) is 0 Å². The van der Waals surface area contributed by atoms with E-state index in [0.29, 0.717) is 25.4 Å². The Labute approximate surface area is 167 Å². The fourth-order valence-electron chi connectivity index (χ4n) is 3.55. The van der Waals surface area contributed by atoms with Crippen LogP contribution in [0.1, 0.15) is 46.1 Å². The summed E-state index contributed by atoms with van der Waals surface area (Å²) in [6, 6.07) is 7.24. The number of rotatable bonds is 6. The highest BCUT2D eigenvalue weighted by molar-refractivity contribution is 5.90. The highest BCUT2D eigenvalue weighted by Gasteiger charge is 2.30. The Morgan fingerprint density at radius 1 is 1.18 bits per heavy atom. The predicted molar refractivity (Wildman–Crippen MR) is 108 cm³/mol. The lowest BCUT2D eigenvalue weighted by atomic mass is 10.0. The van der Waals surface area contributed by atoms with Gasteiger partial charge >= 0.3 is 12.0 Å². The first-order valence-corrected chi connectivity index (χ1v) is 9.91. The second kappa shape index (κ2) is 10.1. The summed E-state index contributed by atoms with van der Waals surface area (Å²) in [6.07, 6.45) is 1.78. The van der Waals surface area contributed by atoms with Crippen molar-refractivity contribution in [1.29, 1.82) is 0 Å². The molecule has 0 atom stereocenters. The molecule has 0 saturated carbocycles. The maximum atomic E-state index is 12.9. The molecule has 1 aliphatic rings. The fourth-order valence-corrected chi connectivity index (χ4v) is 3.55. The van der Waals surface area contributed by atoms with Crippen LogP contribution in [0.2, 0.25) is 0 Å². The summed E-state index contributed by atoms with van der Waals surface area (Å²) in [5.74, 6) is -0.177. The first-order valence-electron chi connectivity index (χ1n) is 9.91. The average Bonchev–Trinajstić information content (AvgIpc) is 2.64. The summed E-state index contributed by atoms with van der Waals surface area (Å²) < 4.78 is 4.95. The monoisotopic (exact) mass is 389 g/mol. The van der Waals surface area contributed by atoms with E-state index in [-0.39, 0.29) is 36.4 Å². The van der Waals surface area contributed by atoms with Gasteiger partial charge in [0.25, 0.3) is 0 Å². The van der Waals surface area contributed by atoms with Crippen LogP contribution in [0, 0.1) is 0 Å². The largest absolute Gasteiger partial charge is 0.466 e. The number of esters is 1. The van der Waals surface area contributed by atoms with Crippen molar-refractivity contribution in [1.82, 2.24) is 9.80 Å². The maximum absolute atomic E-state index is 12.9. The lowest BCUT2D eigenvalue weighted by Crippen LogP contribution is -2.52. The molecule has 154 valence electrons. The number of likely N-dealkylation sites (tertiary alicyclic amines) is 1. The molecule has 1 aromatic rings. The number of anilines is 1. The van der Waals surface area contributed by atoms with E-state index < -0.39 is 0 Å². The third-order valence-electron chi connectivity index (χ3n) is 4.95. The molecule has 1 fully saturated rings. The zero-order valence-corrected chi connectivity index (χ0v) is 17.2. The lowest BCUT2D eigenvalue weighted by molar-refractivity contribution is -0.142. The molecule has 0 aliphatic carbocycles. The molecule has 0 spiro atoms. The number of hydrogen-bond donors (Lipinski definition) is 1. The van der Waals surface area contributed by atoms with Crippen LogP contribution in [0.25, 0.3) is 0 Å². The van der Waals surface area contributed by atoms with E-state index in [2.05, 4.69) is 5.32 Å². The highest BCUT2D eigenvalue weighted by atomic mass is 16.5. The predicted octanol–water partition coefficient (Wildman–Crippen LogP) is 3.05. The van der Waals surface area contributed by atoms with Crippen molar-refractivity contribution in [3.8, 4) is 0 Å². The van der Waals surface area contributed by atoms with E-state index in [0.717, 1.165) is 18.4 Å². The van der Waals surface area contributed by atoms with Gasteiger partial charge in [0.05, 0.1) is 13.0 Å². The van der Waals surface area contributed by atoms with E-state index in [1.165, 1.54) is 0 Å². The van der Waals surface area contributed by atoms with Crippen LogP contribution >= 0.6 is 0 Å². The Morgan fingerprint density at radius 3 is 2.29 bits per heavy atom. The quantitative estimate of drug-likeness (QED) is 0.759. The fraction of sp³-hybridized carbons (Fsp3) is 0.571. The van der Waals surface area contributed by atoms with Gasteiger partial charge in [-0.1, -0.05) is 12.1 Å². The number of nitrogens with one attached hydrogen (secondary N) is 1. The van der Waals surface area contributed by atoms with Crippen molar-refractivity contribution in [2.75, 3.05) is 25.0 Å². The summed E-state index contributed by atoms with van der Waals surface area (Å²) in [6.45, 7) is 9.08. The third-order valence-corrected chi connectivity index (χ3v) is 4.95. The zero-order valence-electron chi connectivity index (χ0n) is 17.2. The molecule has 1 heterocycles. The molecule has 0 aromatic heterocycles. The number of piperidine rings is 1. The SMILES string of the molecule is CCOC(=O)Cc1ccc(NC(=O)N(C(C)C)C2CCN(C(C)=O)CC2)cc1. The molecule has 1 aromatic carbocycles. The summed E-state index contributed by atoms with van der Waals surface area (Å²) in [7, 11) is 0. The number of hydrogen-bond acceptors (Lipinski definition) is 4. The standard InChI is InChI=1S/C21H31N3O4/c1-5-28-20(26)14-17-6-8-18(9-7-17)22-21(27)24(15(2)3)19-10-12-23(13-11-19)16(4)25/h6-9,15,19H,5,10-14H2,1-4H3,(H,22,27). The summed E-state index contributed by atoms with van der Waals surface area (Å²) in [5.41, 5.74) is 1.53. The minimum atomic E-state index is -0.262. The Morgan fingerprint density at radius 2 is 1.79 bits per heavy atom. The number of nitrogens with zero attached hydrogens (tertiary/aromatic N) is 2. The number of urea groups is 1. The Balaban J connectivity index is 1.97. The normalized spacial score (nSPS) is 14.7. The number of ether oxygens (including phenoxy) is 1. The Kier molecular flexibility index (Phi) is 7.84. The average molecular weight is 389 g/mol. The number of carbonyl (C=O) groups is 3. The molecule has 1 aliphatic heterocycles. The second-order valence-electron chi connectivity index (χ2n) is 7.35. The molecule has 0 unspecified atom stereocenters. The van der Waals surface area contributed by atoms with Crippen LogP contribution < -0.4 is 5.32 Å². The second-order valence-corrected chi connectivity index (χ2v) is 7.35. The molecule has 0 bridgehead atoms. The Bertz CT molecular complexity index is 679. The van der Waals surface area contributed by atoms with Gasteiger partial charge in [0.2, 0.25) is 5.91 Å². The number of carbonyl (C=O) groups excluding carboxylic acids is 3. The first kappa shape index (κ1) is 21.7. The molecular formula is C21H31N3O4. The molecule has 28 heavy (non-hydrogen) atoms. The van der Waals surface area contributed by atoms with Crippen LogP contribution in [0.15, 0.2) is 24.3 Å². The van der Waals surface area contributed by atoms with E-state index >= 15 is 0 Å². The van der Waals surface area contributed by atoms with Crippen LogP contribution in [-0.2, 0) is 20.7 Å². The molecule has 3 amide bonds. The van der Waals surface area contributed by atoms with Gasteiger partial charge in [-0.25, -0.2) is 4.79 Å². The zero-order chi connectivity index (χ0) is 20.7. The number of amides is 3. The third kappa shape index (κ3) is 5.97. The first-order chi connectivity index (χ1) is 13.3. The van der Waals surface area contributed by atoms with E-state index in [9.17, 15) is 14.4 Å².